The summed E-state index contributed by atoms with van der Waals surface area (Å²) < 4.78 is 30.2. The average Bonchev–Trinajstić information content (AvgIpc) is 2.89. The molecule has 0 radical (unpaired) electrons. The molecule has 3 aromatic carbocycles. The van der Waals surface area contributed by atoms with Gasteiger partial charge in [-0.15, -0.1) is 0 Å². The van der Waals surface area contributed by atoms with Gasteiger partial charge in [-0.2, -0.15) is 0 Å². The second-order valence-corrected chi connectivity index (χ2v) is 12.3. The van der Waals surface area contributed by atoms with E-state index in [1.165, 1.54) is 6.26 Å². The van der Waals surface area contributed by atoms with Crippen LogP contribution in [0.25, 0.3) is 10.9 Å². The summed E-state index contributed by atoms with van der Waals surface area (Å²) in [6.45, 7) is 0.490. The molecule has 2 unspecified atom stereocenters. The first-order chi connectivity index (χ1) is 18.2. The average molecular weight is 549 g/mol. The zero-order chi connectivity index (χ0) is 26.9. The monoisotopic (exact) mass is 548 g/mol. The van der Waals surface area contributed by atoms with Crippen LogP contribution < -0.4 is 4.74 Å². The number of halogens is 1. The minimum atomic E-state index is -3.41. The molecule has 0 amide bonds. The van der Waals surface area contributed by atoms with Crippen LogP contribution in [0.1, 0.15) is 35.4 Å². The Balaban J connectivity index is 1.64. The van der Waals surface area contributed by atoms with Crippen molar-refractivity contribution in [2.45, 2.75) is 35.7 Å². The molecule has 1 aliphatic rings. The van der Waals surface area contributed by atoms with Gasteiger partial charge in [0.25, 0.3) is 0 Å². The van der Waals surface area contributed by atoms with E-state index in [-0.39, 0.29) is 4.90 Å². The number of sulfone groups is 1. The smallest absolute Gasteiger partial charge is 0.217 e. The molecular formula is C30H29ClN2O4S. The Morgan fingerprint density at radius 2 is 1.79 bits per heavy atom. The van der Waals surface area contributed by atoms with E-state index in [0.29, 0.717) is 53.2 Å². The van der Waals surface area contributed by atoms with Crippen LogP contribution in [0.4, 0.5) is 0 Å². The van der Waals surface area contributed by atoms with Gasteiger partial charge in [-0.3, -0.25) is 4.99 Å². The van der Waals surface area contributed by atoms with Gasteiger partial charge in [-0.25, -0.2) is 13.4 Å². The number of benzene rings is 3. The molecule has 0 spiro atoms. The van der Waals surface area contributed by atoms with Gasteiger partial charge in [0.2, 0.25) is 5.88 Å². The Labute approximate surface area is 227 Å². The molecule has 0 bridgehead atoms. The summed E-state index contributed by atoms with van der Waals surface area (Å²) in [6.07, 6.45) is 2.66. The van der Waals surface area contributed by atoms with Gasteiger partial charge in [0.15, 0.2) is 9.84 Å². The van der Waals surface area contributed by atoms with Gasteiger partial charge in [0, 0.05) is 53.2 Å². The lowest BCUT2D eigenvalue weighted by Crippen LogP contribution is -2.43. The molecule has 0 aliphatic carbocycles. The Hall–Kier alpha value is -3.26. The van der Waals surface area contributed by atoms with Crippen molar-refractivity contribution in [1.29, 1.82) is 0 Å². The second kappa shape index (κ2) is 10.5. The van der Waals surface area contributed by atoms with Crippen molar-refractivity contribution in [2.75, 3.05) is 19.9 Å². The normalized spacial score (nSPS) is 18.7. The van der Waals surface area contributed by atoms with Crippen LogP contribution in [-0.4, -0.2) is 49.7 Å². The Morgan fingerprint density at radius 3 is 2.47 bits per heavy atom. The minimum absolute atomic E-state index is 0.208. The number of aromatic nitrogens is 1. The lowest BCUT2D eigenvalue weighted by atomic mass is 9.71. The number of nitrogens with zero attached hydrogens (tertiary/aromatic N) is 2. The van der Waals surface area contributed by atoms with Gasteiger partial charge >= 0.3 is 0 Å². The fraction of sp³-hybridized carbons (Fsp3) is 0.267. The summed E-state index contributed by atoms with van der Waals surface area (Å²) in [5.41, 5.74) is 3.02. The number of rotatable bonds is 7. The van der Waals surface area contributed by atoms with Crippen LogP contribution in [0.3, 0.4) is 0 Å². The van der Waals surface area contributed by atoms with Crippen molar-refractivity contribution in [3.8, 4) is 5.88 Å². The van der Waals surface area contributed by atoms with Crippen molar-refractivity contribution in [3.05, 3.63) is 101 Å². The summed E-state index contributed by atoms with van der Waals surface area (Å²) >= 11 is 6.22. The molecule has 8 heteroatoms. The van der Waals surface area contributed by atoms with Crippen molar-refractivity contribution in [2.24, 2.45) is 4.99 Å². The highest BCUT2D eigenvalue weighted by Crippen LogP contribution is 2.45. The van der Waals surface area contributed by atoms with Crippen molar-refractivity contribution < 1.29 is 18.3 Å². The molecule has 196 valence electrons. The first kappa shape index (κ1) is 26.4. The van der Waals surface area contributed by atoms with Crippen molar-refractivity contribution >= 4 is 38.1 Å². The highest BCUT2D eigenvalue weighted by Gasteiger charge is 2.43. The van der Waals surface area contributed by atoms with Crippen molar-refractivity contribution in [1.82, 2.24) is 4.98 Å². The number of aliphatic hydroxyl groups is 1. The highest BCUT2D eigenvalue weighted by molar-refractivity contribution is 7.90. The number of pyridine rings is 1. The molecule has 0 saturated heterocycles. The maximum absolute atomic E-state index is 12.3. The molecule has 0 fully saturated rings. The molecule has 1 aliphatic heterocycles. The van der Waals surface area contributed by atoms with E-state index in [9.17, 15) is 13.5 Å². The zero-order valence-corrected chi connectivity index (χ0v) is 22.8. The first-order valence-electron chi connectivity index (χ1n) is 12.4. The molecule has 2 heterocycles. The fourth-order valence-electron chi connectivity index (χ4n) is 5.29. The SMILES string of the molecule is COc1nc2ccc(S(C)(=O)=O)cc2cc1C(c1ccc(Cl)cc1)C1(O)CCN=C(Cc2ccccc2)C1. The Bertz CT molecular complexity index is 1610. The summed E-state index contributed by atoms with van der Waals surface area (Å²) in [4.78, 5) is 9.67. The van der Waals surface area contributed by atoms with Crippen LogP contribution >= 0.6 is 11.6 Å². The maximum Gasteiger partial charge on any atom is 0.217 e. The van der Waals surface area contributed by atoms with Gasteiger partial charge in [0.1, 0.15) is 0 Å². The van der Waals surface area contributed by atoms with E-state index in [1.807, 2.05) is 36.4 Å². The summed E-state index contributed by atoms with van der Waals surface area (Å²) in [6, 6.07) is 24.2. The van der Waals surface area contributed by atoms with E-state index < -0.39 is 21.4 Å². The lowest BCUT2D eigenvalue weighted by molar-refractivity contribution is 0.0197. The van der Waals surface area contributed by atoms with Gasteiger partial charge < -0.3 is 9.84 Å². The Morgan fingerprint density at radius 1 is 1.05 bits per heavy atom. The van der Waals surface area contributed by atoms with E-state index >= 15 is 0 Å². The topological polar surface area (TPSA) is 88.8 Å². The zero-order valence-electron chi connectivity index (χ0n) is 21.3. The number of hydrogen-bond donors (Lipinski definition) is 1. The van der Waals surface area contributed by atoms with Crippen LogP contribution in [0, 0.1) is 0 Å². The van der Waals surface area contributed by atoms with Gasteiger partial charge in [0.05, 0.1) is 23.1 Å². The lowest BCUT2D eigenvalue weighted by Gasteiger charge is -2.40. The predicted molar refractivity (Wildman–Crippen MR) is 151 cm³/mol. The van der Waals surface area contributed by atoms with E-state index in [2.05, 4.69) is 12.1 Å². The number of fused-ring (bicyclic) bond motifs is 1. The third kappa shape index (κ3) is 5.46. The largest absolute Gasteiger partial charge is 0.481 e. The van der Waals surface area contributed by atoms with E-state index in [4.69, 9.17) is 26.3 Å². The number of hydrogen-bond acceptors (Lipinski definition) is 6. The summed E-state index contributed by atoms with van der Waals surface area (Å²) in [5, 5.41) is 13.6. The summed E-state index contributed by atoms with van der Waals surface area (Å²) in [7, 11) is -1.86. The maximum atomic E-state index is 12.3. The second-order valence-electron chi connectivity index (χ2n) is 9.84. The quantitative estimate of drug-likeness (QED) is 0.323. The minimum Gasteiger partial charge on any atom is -0.481 e. The Kier molecular flexibility index (Phi) is 7.27. The highest BCUT2D eigenvalue weighted by atomic mass is 35.5. The van der Waals surface area contributed by atoms with Crippen LogP contribution in [0.15, 0.2) is 88.8 Å². The molecule has 2 atom stereocenters. The third-order valence-corrected chi connectivity index (χ3v) is 8.46. The van der Waals surface area contributed by atoms with Crippen LogP contribution in [0.2, 0.25) is 5.02 Å². The van der Waals surface area contributed by atoms with Crippen molar-refractivity contribution in [3.63, 3.8) is 0 Å². The van der Waals surface area contributed by atoms with E-state index in [0.717, 1.165) is 16.8 Å². The van der Waals surface area contributed by atoms with Crippen LogP contribution in [0.5, 0.6) is 5.88 Å². The molecule has 0 saturated carbocycles. The third-order valence-electron chi connectivity index (χ3n) is 7.09. The van der Waals surface area contributed by atoms with E-state index in [1.54, 1.807) is 37.4 Å². The number of methoxy groups -OCH3 is 1. The molecular weight excluding hydrogens is 520 g/mol. The number of aliphatic imine (C=N–C) groups is 1. The van der Waals surface area contributed by atoms with Gasteiger partial charge in [-0.05, 0) is 53.9 Å². The molecule has 38 heavy (non-hydrogen) atoms. The summed E-state index contributed by atoms with van der Waals surface area (Å²) in [5.74, 6) is -0.139. The fourth-order valence-corrected chi connectivity index (χ4v) is 6.07. The van der Waals surface area contributed by atoms with Gasteiger partial charge in [-0.1, -0.05) is 54.1 Å². The molecule has 6 nitrogen and oxygen atoms in total. The predicted octanol–water partition coefficient (Wildman–Crippen LogP) is 5.64. The molecule has 1 aromatic heterocycles. The standard InChI is InChI=1S/C30H29ClN2O4S/c1-37-29-26(18-22-17-25(38(2,35)36)12-13-27(22)33-29)28(21-8-10-23(31)11-9-21)30(34)14-15-32-24(19-30)16-20-6-4-3-5-7-20/h3-13,17-18,28,34H,14-16,19H2,1-2H3. The molecule has 4 aromatic rings. The molecule has 1 N–H and O–H groups in total. The number of ether oxygens (including phenoxy) is 1. The first-order valence-corrected chi connectivity index (χ1v) is 14.7. The van der Waals surface area contributed by atoms with Crippen LogP contribution in [-0.2, 0) is 16.3 Å². The molecule has 5 rings (SSSR count).